The number of ether oxygens (including phenoxy) is 4. The fourth-order valence-corrected chi connectivity index (χ4v) is 1.67. The molecule has 0 aromatic rings. The number of rotatable bonds is 8. The lowest BCUT2D eigenvalue weighted by atomic mass is 10.2. The second-order valence-electron chi connectivity index (χ2n) is 4.97. The molecule has 0 amide bonds. The van der Waals surface area contributed by atoms with E-state index in [2.05, 4.69) is 39.0 Å². The molecule has 0 radical (unpaired) electrons. The van der Waals surface area contributed by atoms with E-state index in [1.807, 2.05) is 0 Å². The summed E-state index contributed by atoms with van der Waals surface area (Å²) < 4.78 is 18.1. The van der Waals surface area contributed by atoms with Crippen LogP contribution >= 0.6 is 0 Å². The Labute approximate surface area is 160 Å². The van der Waals surface area contributed by atoms with E-state index in [4.69, 9.17) is 11.1 Å². The van der Waals surface area contributed by atoms with Gasteiger partial charge in [0.15, 0.2) is 12.1 Å². The Hall–Kier alpha value is -3.50. The summed E-state index contributed by atoms with van der Waals surface area (Å²) in [4.78, 5) is 48.2. The second kappa shape index (κ2) is 14.6. The highest BCUT2D eigenvalue weighted by atomic mass is 16.6. The molecular weight excluding hydrogens is 380 g/mol. The predicted octanol–water partition coefficient (Wildman–Crippen LogP) is 1.58. The average molecular weight is 402 g/mol. The maximum atomic E-state index is 11.0. The van der Waals surface area contributed by atoms with Crippen LogP contribution in [-0.2, 0) is 38.1 Å². The van der Waals surface area contributed by atoms with Crippen LogP contribution in [0.25, 0.3) is 20.9 Å². The minimum atomic E-state index is -1.14. The van der Waals surface area contributed by atoms with E-state index >= 15 is 0 Å². The van der Waals surface area contributed by atoms with E-state index in [1.165, 1.54) is 27.7 Å². The van der Waals surface area contributed by atoms with Crippen molar-refractivity contribution in [2.45, 2.75) is 52.0 Å². The molecule has 0 N–H and O–H groups in total. The Balaban J connectivity index is 0. The summed E-state index contributed by atoms with van der Waals surface area (Å²) in [5, 5.41) is 6.35. The first-order chi connectivity index (χ1) is 13.0. The second-order valence-corrected chi connectivity index (χ2v) is 4.97. The van der Waals surface area contributed by atoms with Crippen molar-refractivity contribution in [2.24, 2.45) is 10.2 Å². The van der Waals surface area contributed by atoms with E-state index in [1.54, 1.807) is 0 Å². The number of carbonyl (C=O) groups is 4. The number of nitrogens with zero attached hydrogens (tertiary/aromatic N) is 6. The highest BCUT2D eigenvalue weighted by Gasteiger charge is 2.27. The van der Waals surface area contributed by atoms with Gasteiger partial charge in [-0.3, -0.25) is 19.2 Å². The van der Waals surface area contributed by atoms with Gasteiger partial charge < -0.3 is 18.9 Å². The molecule has 28 heavy (non-hydrogen) atoms. The van der Waals surface area contributed by atoms with Crippen LogP contribution in [0.1, 0.15) is 27.7 Å². The smallest absolute Gasteiger partial charge is 0.318 e. The summed E-state index contributed by atoms with van der Waals surface area (Å²) in [5.74, 6) is -2.59. The van der Waals surface area contributed by atoms with Crippen molar-refractivity contribution in [2.75, 3.05) is 14.2 Å². The van der Waals surface area contributed by atoms with E-state index in [-0.39, 0.29) is 0 Å². The van der Waals surface area contributed by atoms with Gasteiger partial charge in [0.1, 0.15) is 12.2 Å². The summed E-state index contributed by atoms with van der Waals surface area (Å²) >= 11 is 0. The van der Waals surface area contributed by atoms with Crippen LogP contribution in [0.5, 0.6) is 0 Å². The largest absolute Gasteiger partial charge is 0.469 e. The molecule has 156 valence electrons. The van der Waals surface area contributed by atoms with Gasteiger partial charge >= 0.3 is 23.9 Å². The Morgan fingerprint density at radius 3 is 1.21 bits per heavy atom. The minimum absolute atomic E-state index is 0.556. The number of hydrogen-bond acceptors (Lipinski definition) is 10. The van der Waals surface area contributed by atoms with Crippen molar-refractivity contribution in [1.82, 2.24) is 0 Å². The summed E-state index contributed by atoms with van der Waals surface area (Å²) in [6.45, 7) is 5.27. The van der Waals surface area contributed by atoms with Gasteiger partial charge in [-0.25, -0.2) is 0 Å². The predicted molar refractivity (Wildman–Crippen MR) is 92.4 cm³/mol. The van der Waals surface area contributed by atoms with Crippen LogP contribution in [0.2, 0.25) is 0 Å². The summed E-state index contributed by atoms with van der Waals surface area (Å²) in [6, 6.07) is -2.29. The Morgan fingerprint density at radius 1 is 0.750 bits per heavy atom. The first kappa shape index (κ1) is 26.7. The van der Waals surface area contributed by atoms with Crippen LogP contribution in [0.3, 0.4) is 0 Å². The molecule has 0 rings (SSSR count). The lowest BCUT2D eigenvalue weighted by Gasteiger charge is -2.16. The number of hydrogen-bond donors (Lipinski definition) is 0. The normalized spacial score (nSPS) is 13.4. The number of methoxy groups -OCH3 is 2. The molecule has 14 heteroatoms. The van der Waals surface area contributed by atoms with Gasteiger partial charge in [0.05, 0.1) is 14.2 Å². The van der Waals surface area contributed by atoms with Crippen LogP contribution in [0, 0.1) is 0 Å². The zero-order valence-corrected chi connectivity index (χ0v) is 16.3. The molecule has 4 unspecified atom stereocenters. The SMILES string of the molecule is COC(=O)C(N=[N+]=[N-])C(C)OC(C)=O.COC(=O)C(N=[N+]=[N-])C(C)OC(C)=O. The van der Waals surface area contributed by atoms with E-state index < -0.39 is 48.2 Å². The summed E-state index contributed by atoms with van der Waals surface area (Å²) in [5.41, 5.74) is 16.3. The fourth-order valence-electron chi connectivity index (χ4n) is 1.67. The molecule has 0 aromatic carbocycles. The molecule has 0 aromatic heterocycles. The minimum Gasteiger partial charge on any atom is -0.469 e. The molecule has 0 aliphatic carbocycles. The van der Waals surface area contributed by atoms with Gasteiger partial charge in [0.25, 0.3) is 0 Å². The fraction of sp³-hybridized carbons (Fsp3) is 0.714. The molecule has 0 spiro atoms. The molecule has 0 fully saturated rings. The third-order valence-electron chi connectivity index (χ3n) is 2.83. The van der Waals surface area contributed by atoms with Crippen LogP contribution in [-0.4, -0.2) is 62.4 Å². The molecular formula is C14H22N6O8. The van der Waals surface area contributed by atoms with Gasteiger partial charge in [-0.15, -0.1) is 0 Å². The number of azide groups is 2. The lowest BCUT2D eigenvalue weighted by molar-refractivity contribution is -0.155. The van der Waals surface area contributed by atoms with Crippen molar-refractivity contribution in [1.29, 1.82) is 0 Å². The van der Waals surface area contributed by atoms with Crippen LogP contribution in [0.15, 0.2) is 10.2 Å². The van der Waals surface area contributed by atoms with Gasteiger partial charge in [0, 0.05) is 23.7 Å². The van der Waals surface area contributed by atoms with E-state index in [0.29, 0.717) is 0 Å². The first-order valence-corrected chi connectivity index (χ1v) is 7.64. The van der Waals surface area contributed by atoms with Gasteiger partial charge in [0.2, 0.25) is 0 Å². The highest BCUT2D eigenvalue weighted by Crippen LogP contribution is 2.07. The van der Waals surface area contributed by atoms with Crippen molar-refractivity contribution >= 4 is 23.9 Å². The monoisotopic (exact) mass is 402 g/mol. The molecule has 0 bridgehead atoms. The van der Waals surface area contributed by atoms with Crippen molar-refractivity contribution in [3.05, 3.63) is 20.9 Å². The first-order valence-electron chi connectivity index (χ1n) is 7.64. The van der Waals surface area contributed by atoms with Crippen LogP contribution in [0.4, 0.5) is 0 Å². The Kier molecular flexibility index (Phi) is 14.0. The topological polar surface area (TPSA) is 203 Å². The third kappa shape index (κ3) is 11.2. The van der Waals surface area contributed by atoms with E-state index in [9.17, 15) is 19.2 Å². The number of esters is 4. The van der Waals surface area contributed by atoms with Gasteiger partial charge in [-0.1, -0.05) is 10.2 Å². The molecule has 0 saturated heterocycles. The standard InChI is InChI=1S/2C7H11N3O4/c2*1-4(14-5(2)11)6(9-10-8)7(12)13-3/h2*4,6H,1-3H3. The Bertz CT molecular complexity index is 600. The van der Waals surface area contributed by atoms with Crippen molar-refractivity contribution in [3.8, 4) is 0 Å². The van der Waals surface area contributed by atoms with Crippen LogP contribution < -0.4 is 0 Å². The molecule has 0 heterocycles. The maximum absolute atomic E-state index is 11.0. The van der Waals surface area contributed by atoms with Gasteiger partial charge in [-0.05, 0) is 24.9 Å². The summed E-state index contributed by atoms with van der Waals surface area (Å²) in [7, 11) is 2.31. The van der Waals surface area contributed by atoms with Crippen molar-refractivity contribution in [3.63, 3.8) is 0 Å². The highest BCUT2D eigenvalue weighted by molar-refractivity contribution is 5.77. The zero-order chi connectivity index (χ0) is 22.3. The average Bonchev–Trinajstić information content (AvgIpc) is 2.62. The summed E-state index contributed by atoms with van der Waals surface area (Å²) in [6.07, 6.45) is -1.67. The molecule has 0 aliphatic heterocycles. The van der Waals surface area contributed by atoms with E-state index in [0.717, 1.165) is 14.2 Å². The van der Waals surface area contributed by atoms with Gasteiger partial charge in [-0.2, -0.15) is 0 Å². The van der Waals surface area contributed by atoms with Crippen molar-refractivity contribution < 1.29 is 38.1 Å². The Morgan fingerprint density at radius 2 is 1.04 bits per heavy atom. The molecule has 4 atom stereocenters. The quantitative estimate of drug-likeness (QED) is 0.191. The lowest BCUT2D eigenvalue weighted by Crippen LogP contribution is -2.34. The molecule has 14 nitrogen and oxygen atoms in total. The maximum Gasteiger partial charge on any atom is 0.318 e. The third-order valence-corrected chi connectivity index (χ3v) is 2.83. The zero-order valence-electron chi connectivity index (χ0n) is 16.3. The molecule has 0 aliphatic rings. The molecule has 0 saturated carbocycles. The number of carbonyl (C=O) groups excluding carboxylic acids is 4.